The van der Waals surface area contributed by atoms with Gasteiger partial charge in [0.2, 0.25) is 11.8 Å². The van der Waals surface area contributed by atoms with E-state index in [4.69, 9.17) is 0 Å². The van der Waals surface area contributed by atoms with E-state index in [1.807, 2.05) is 17.5 Å². The van der Waals surface area contributed by atoms with Crippen molar-refractivity contribution in [1.29, 1.82) is 0 Å². The smallest absolute Gasteiger partial charge is 0.307 e. The maximum absolute atomic E-state index is 11.8. The van der Waals surface area contributed by atoms with Gasteiger partial charge < -0.3 is 15.4 Å². The predicted octanol–water partition coefficient (Wildman–Crippen LogP) is 0.995. The predicted molar refractivity (Wildman–Crippen MR) is 75.1 cm³/mol. The fourth-order valence-electron chi connectivity index (χ4n) is 1.62. The number of amides is 2. The lowest BCUT2D eigenvalue weighted by atomic mass is 10.1. The first-order valence-electron chi connectivity index (χ1n) is 6.17. The molecule has 0 aliphatic carbocycles. The Bertz CT molecular complexity index is 459. The van der Waals surface area contributed by atoms with Crippen LogP contribution in [0.25, 0.3) is 0 Å². The topological polar surface area (TPSA) is 84.5 Å². The summed E-state index contributed by atoms with van der Waals surface area (Å²) in [5, 5.41) is 7.26. The first-order valence-corrected chi connectivity index (χ1v) is 7.05. The Kier molecular flexibility index (Phi) is 6.72. The van der Waals surface area contributed by atoms with Gasteiger partial charge in [-0.1, -0.05) is 6.07 Å². The SMILES string of the molecule is COC(=O)CCNC(=O)CC(NC(C)=O)c1cccs1. The van der Waals surface area contributed by atoms with Crippen molar-refractivity contribution in [3.63, 3.8) is 0 Å². The van der Waals surface area contributed by atoms with E-state index in [9.17, 15) is 14.4 Å². The highest BCUT2D eigenvalue weighted by Gasteiger charge is 2.17. The zero-order valence-corrected chi connectivity index (χ0v) is 12.3. The van der Waals surface area contributed by atoms with Gasteiger partial charge in [-0.2, -0.15) is 0 Å². The molecule has 1 heterocycles. The molecule has 0 aliphatic heterocycles. The van der Waals surface area contributed by atoms with Crippen LogP contribution in [0.1, 0.15) is 30.7 Å². The normalized spacial score (nSPS) is 11.5. The van der Waals surface area contributed by atoms with Crippen LogP contribution in [0, 0.1) is 0 Å². The summed E-state index contributed by atoms with van der Waals surface area (Å²) in [6.07, 6.45) is 0.271. The lowest BCUT2D eigenvalue weighted by molar-refractivity contribution is -0.140. The molecule has 1 aromatic rings. The summed E-state index contributed by atoms with van der Waals surface area (Å²) in [6, 6.07) is 3.39. The van der Waals surface area contributed by atoms with Crippen molar-refractivity contribution in [2.75, 3.05) is 13.7 Å². The number of carbonyl (C=O) groups excluding carboxylic acids is 3. The van der Waals surface area contributed by atoms with Gasteiger partial charge in [0, 0.05) is 18.3 Å². The van der Waals surface area contributed by atoms with Crippen molar-refractivity contribution in [3.8, 4) is 0 Å². The van der Waals surface area contributed by atoms with Crippen molar-refractivity contribution in [2.45, 2.75) is 25.8 Å². The average Bonchev–Trinajstić information content (AvgIpc) is 2.91. The molecule has 20 heavy (non-hydrogen) atoms. The summed E-state index contributed by atoms with van der Waals surface area (Å²) in [5.74, 6) is -0.784. The lowest BCUT2D eigenvalue weighted by Crippen LogP contribution is -2.33. The highest BCUT2D eigenvalue weighted by Crippen LogP contribution is 2.21. The highest BCUT2D eigenvalue weighted by molar-refractivity contribution is 7.10. The molecule has 1 unspecified atom stereocenters. The summed E-state index contributed by atoms with van der Waals surface area (Å²) >= 11 is 1.48. The minimum Gasteiger partial charge on any atom is -0.469 e. The standard InChI is InChI=1S/C13H18N2O4S/c1-9(16)15-10(11-4-3-7-20-11)8-12(17)14-6-5-13(18)19-2/h3-4,7,10H,5-6,8H2,1-2H3,(H,14,17)(H,15,16). The number of hydrogen-bond acceptors (Lipinski definition) is 5. The highest BCUT2D eigenvalue weighted by atomic mass is 32.1. The Balaban J connectivity index is 2.46. The second kappa shape index (κ2) is 8.31. The number of nitrogens with one attached hydrogen (secondary N) is 2. The Labute approximate surface area is 121 Å². The molecule has 2 amide bonds. The van der Waals surface area contributed by atoms with E-state index in [1.54, 1.807) is 0 Å². The largest absolute Gasteiger partial charge is 0.469 e. The number of thiophene rings is 1. The molecule has 1 rings (SSSR count). The molecule has 0 bridgehead atoms. The maximum atomic E-state index is 11.8. The lowest BCUT2D eigenvalue weighted by Gasteiger charge is -2.16. The van der Waals surface area contributed by atoms with E-state index in [-0.39, 0.29) is 43.2 Å². The van der Waals surface area contributed by atoms with Crippen molar-refractivity contribution >= 4 is 29.1 Å². The summed E-state index contributed by atoms with van der Waals surface area (Å²) in [7, 11) is 1.30. The van der Waals surface area contributed by atoms with E-state index in [1.165, 1.54) is 25.4 Å². The van der Waals surface area contributed by atoms with Crippen LogP contribution >= 0.6 is 11.3 Å². The maximum Gasteiger partial charge on any atom is 0.307 e. The number of rotatable bonds is 7. The van der Waals surface area contributed by atoms with Crippen LogP contribution < -0.4 is 10.6 Å². The molecule has 0 aliphatic rings. The van der Waals surface area contributed by atoms with Crippen LogP contribution in [0.4, 0.5) is 0 Å². The minimum absolute atomic E-state index is 0.131. The molecule has 0 fully saturated rings. The molecule has 0 saturated carbocycles. The van der Waals surface area contributed by atoms with Gasteiger partial charge in [-0.3, -0.25) is 14.4 Å². The third-order valence-corrected chi connectivity index (χ3v) is 3.52. The number of methoxy groups -OCH3 is 1. The van der Waals surface area contributed by atoms with Crippen LogP contribution in [0.2, 0.25) is 0 Å². The van der Waals surface area contributed by atoms with Crippen molar-refractivity contribution in [2.24, 2.45) is 0 Å². The van der Waals surface area contributed by atoms with E-state index >= 15 is 0 Å². The van der Waals surface area contributed by atoms with E-state index < -0.39 is 0 Å². The molecule has 6 nitrogen and oxygen atoms in total. The Morgan fingerprint density at radius 3 is 2.70 bits per heavy atom. The van der Waals surface area contributed by atoms with Gasteiger partial charge in [0.25, 0.3) is 0 Å². The Hall–Kier alpha value is -1.89. The number of esters is 1. The fraction of sp³-hybridized carbons (Fsp3) is 0.462. The van der Waals surface area contributed by atoms with Crippen LogP contribution in [-0.4, -0.2) is 31.4 Å². The molecule has 1 atom stereocenters. The Morgan fingerprint density at radius 1 is 1.40 bits per heavy atom. The van der Waals surface area contributed by atoms with Gasteiger partial charge in [-0.15, -0.1) is 11.3 Å². The van der Waals surface area contributed by atoms with Gasteiger partial charge in [0.05, 0.1) is 26.0 Å². The van der Waals surface area contributed by atoms with Gasteiger partial charge >= 0.3 is 5.97 Å². The van der Waals surface area contributed by atoms with Crippen LogP contribution in [0.5, 0.6) is 0 Å². The molecule has 1 aromatic heterocycles. The number of hydrogen-bond donors (Lipinski definition) is 2. The molecule has 110 valence electrons. The summed E-state index contributed by atoms with van der Waals surface area (Å²) in [6.45, 7) is 1.64. The quantitative estimate of drug-likeness (QED) is 0.735. The Morgan fingerprint density at radius 2 is 2.15 bits per heavy atom. The molecule has 0 radical (unpaired) electrons. The molecule has 2 N–H and O–H groups in total. The molecular weight excluding hydrogens is 280 g/mol. The number of ether oxygens (including phenoxy) is 1. The molecule has 0 aromatic carbocycles. The molecule has 0 saturated heterocycles. The van der Waals surface area contributed by atoms with E-state index in [2.05, 4.69) is 15.4 Å². The van der Waals surface area contributed by atoms with Crippen LogP contribution in [0.3, 0.4) is 0 Å². The van der Waals surface area contributed by atoms with Crippen molar-refractivity contribution in [1.82, 2.24) is 10.6 Å². The van der Waals surface area contributed by atoms with E-state index in [0.29, 0.717) is 0 Å². The zero-order chi connectivity index (χ0) is 15.0. The monoisotopic (exact) mass is 298 g/mol. The number of carbonyl (C=O) groups is 3. The van der Waals surface area contributed by atoms with E-state index in [0.717, 1.165) is 4.88 Å². The fourth-order valence-corrected chi connectivity index (χ4v) is 2.40. The summed E-state index contributed by atoms with van der Waals surface area (Å²) < 4.78 is 4.48. The second-order valence-electron chi connectivity index (χ2n) is 4.15. The summed E-state index contributed by atoms with van der Waals surface area (Å²) in [4.78, 5) is 34.8. The first kappa shape index (κ1) is 16.2. The minimum atomic E-state index is -0.373. The third-order valence-electron chi connectivity index (χ3n) is 2.53. The van der Waals surface area contributed by atoms with Crippen LogP contribution in [-0.2, 0) is 19.1 Å². The molecule has 0 spiro atoms. The third kappa shape index (κ3) is 5.83. The average molecular weight is 298 g/mol. The summed E-state index contributed by atoms with van der Waals surface area (Å²) in [5.41, 5.74) is 0. The van der Waals surface area contributed by atoms with Gasteiger partial charge in [0.15, 0.2) is 0 Å². The first-order chi connectivity index (χ1) is 9.52. The zero-order valence-electron chi connectivity index (χ0n) is 11.5. The second-order valence-corrected chi connectivity index (χ2v) is 5.13. The van der Waals surface area contributed by atoms with Gasteiger partial charge in [-0.05, 0) is 11.4 Å². The van der Waals surface area contributed by atoms with Crippen LogP contribution in [0.15, 0.2) is 17.5 Å². The van der Waals surface area contributed by atoms with Crippen molar-refractivity contribution < 1.29 is 19.1 Å². The van der Waals surface area contributed by atoms with Gasteiger partial charge in [-0.25, -0.2) is 0 Å². The van der Waals surface area contributed by atoms with Crippen molar-refractivity contribution in [3.05, 3.63) is 22.4 Å². The molecule has 7 heteroatoms. The molecular formula is C13H18N2O4S. The van der Waals surface area contributed by atoms with Gasteiger partial charge in [0.1, 0.15) is 0 Å².